The molecule has 0 radical (unpaired) electrons. The molecule has 2 heterocycles. The van der Waals surface area contributed by atoms with Gasteiger partial charge in [-0.1, -0.05) is 13.8 Å². The Bertz CT molecular complexity index is 927. The van der Waals surface area contributed by atoms with Gasteiger partial charge in [-0.15, -0.1) is 0 Å². The zero-order valence-electron chi connectivity index (χ0n) is 16.8. The lowest BCUT2D eigenvalue weighted by atomic mass is 9.59. The number of likely N-dealkylation sites (N-methyl/N-ethyl adjacent to an activating group) is 1. The van der Waals surface area contributed by atoms with Crippen LogP contribution in [0.25, 0.3) is 0 Å². The van der Waals surface area contributed by atoms with Crippen molar-refractivity contribution in [2.24, 2.45) is 11.3 Å². The summed E-state index contributed by atoms with van der Waals surface area (Å²) < 4.78 is 12.8. The maximum atomic E-state index is 12.5. The highest BCUT2D eigenvalue weighted by Crippen LogP contribution is 2.54. The summed E-state index contributed by atoms with van der Waals surface area (Å²) in [5, 5.41) is 0. The van der Waals surface area contributed by atoms with Crippen molar-refractivity contribution in [2.75, 3.05) is 14.2 Å². The number of imidazole rings is 1. The van der Waals surface area contributed by atoms with Crippen molar-refractivity contribution in [1.82, 2.24) is 14.5 Å². The molecule has 4 atom stereocenters. The van der Waals surface area contributed by atoms with Crippen LogP contribution in [0.1, 0.15) is 27.2 Å². The standard InChI is InChI=1S/C21H25N3O4/c1-12-15-10-21(3)13(2)18(28-20(26)24-7-6-22-11-24)17(27-5)9-14(21)8-16(15)23(4)19(12)25/h6-9,11,13,17-18H,10H2,1-5H3/t13-,17+,18+,21+/m0/s1. The van der Waals surface area contributed by atoms with Crippen molar-refractivity contribution < 1.29 is 19.1 Å². The van der Waals surface area contributed by atoms with Gasteiger partial charge in [0.05, 0.1) is 0 Å². The van der Waals surface area contributed by atoms with Crippen LogP contribution in [-0.4, -0.2) is 52.8 Å². The minimum atomic E-state index is -0.477. The first-order valence-electron chi connectivity index (χ1n) is 9.42. The number of amides is 1. The summed E-state index contributed by atoms with van der Waals surface area (Å²) in [6, 6.07) is 0. The second-order valence-corrected chi connectivity index (χ2v) is 8.02. The number of methoxy groups -OCH3 is 1. The highest BCUT2D eigenvalue weighted by atomic mass is 16.6. The maximum Gasteiger partial charge on any atom is 0.419 e. The Morgan fingerprint density at radius 2 is 2.14 bits per heavy atom. The number of carbonyl (C=O) groups excluding carboxylic acids is 2. The van der Waals surface area contributed by atoms with Crippen LogP contribution in [0.15, 0.2) is 53.3 Å². The Morgan fingerprint density at radius 3 is 2.79 bits per heavy atom. The molecule has 0 N–H and O–H groups in total. The second kappa shape index (κ2) is 6.44. The van der Waals surface area contributed by atoms with E-state index in [9.17, 15) is 9.59 Å². The monoisotopic (exact) mass is 383 g/mol. The van der Waals surface area contributed by atoms with Gasteiger partial charge in [-0.2, -0.15) is 0 Å². The smallest absolute Gasteiger partial charge is 0.419 e. The normalized spacial score (nSPS) is 32.0. The molecular weight excluding hydrogens is 358 g/mol. The van der Waals surface area contributed by atoms with E-state index in [1.807, 2.05) is 20.0 Å². The lowest BCUT2D eigenvalue weighted by molar-refractivity contribution is -0.123. The summed E-state index contributed by atoms with van der Waals surface area (Å²) >= 11 is 0. The predicted octanol–water partition coefficient (Wildman–Crippen LogP) is 2.91. The van der Waals surface area contributed by atoms with Gasteiger partial charge in [0.15, 0.2) is 0 Å². The second-order valence-electron chi connectivity index (χ2n) is 8.02. The molecule has 1 aliphatic heterocycles. The van der Waals surface area contributed by atoms with Gasteiger partial charge >= 0.3 is 6.09 Å². The molecule has 2 aliphatic carbocycles. The molecule has 28 heavy (non-hydrogen) atoms. The Hall–Kier alpha value is -2.67. The zero-order chi connectivity index (χ0) is 20.2. The molecule has 0 saturated heterocycles. The Labute approximate surface area is 164 Å². The number of allylic oxidation sites excluding steroid dienone is 3. The number of hydrogen-bond acceptors (Lipinski definition) is 5. The van der Waals surface area contributed by atoms with E-state index >= 15 is 0 Å². The van der Waals surface area contributed by atoms with Crippen molar-refractivity contribution in [3.05, 3.63) is 53.3 Å². The quantitative estimate of drug-likeness (QED) is 0.785. The van der Waals surface area contributed by atoms with E-state index in [1.165, 1.54) is 17.1 Å². The number of ether oxygens (including phenoxy) is 2. The van der Waals surface area contributed by atoms with Crippen LogP contribution in [0.2, 0.25) is 0 Å². The van der Waals surface area contributed by atoms with Gasteiger partial charge in [-0.05, 0) is 36.6 Å². The fraction of sp³-hybridized carbons (Fsp3) is 0.476. The zero-order valence-corrected chi connectivity index (χ0v) is 16.8. The summed E-state index contributed by atoms with van der Waals surface area (Å²) in [4.78, 5) is 30.6. The Balaban J connectivity index is 1.72. The third kappa shape index (κ3) is 2.57. The average molecular weight is 383 g/mol. The Morgan fingerprint density at radius 1 is 1.39 bits per heavy atom. The number of hydrogen-bond donors (Lipinski definition) is 0. The molecule has 3 aliphatic rings. The summed E-state index contributed by atoms with van der Waals surface area (Å²) in [6.45, 7) is 6.14. The van der Waals surface area contributed by atoms with E-state index in [-0.39, 0.29) is 23.3 Å². The SMILES string of the molecule is CO[C@@H]1C=C2C=C3C(=C(C)C(=O)N3C)C[C@]2(C)[C@@H](C)[C@H]1OC(=O)n1ccnc1. The summed E-state index contributed by atoms with van der Waals surface area (Å²) in [7, 11) is 3.43. The molecule has 7 heteroatoms. The first kappa shape index (κ1) is 18.7. The van der Waals surface area contributed by atoms with Crippen molar-refractivity contribution in [3.8, 4) is 0 Å². The molecule has 148 valence electrons. The molecule has 1 aromatic heterocycles. The lowest BCUT2D eigenvalue weighted by Gasteiger charge is -2.48. The van der Waals surface area contributed by atoms with Gasteiger partial charge in [0.2, 0.25) is 0 Å². The minimum absolute atomic E-state index is 0.0102. The fourth-order valence-corrected chi connectivity index (χ4v) is 4.57. The van der Waals surface area contributed by atoms with Gasteiger partial charge in [-0.3, -0.25) is 4.79 Å². The number of nitrogens with zero attached hydrogens (tertiary/aromatic N) is 3. The number of aromatic nitrogens is 2. The van der Waals surface area contributed by atoms with Crippen LogP contribution in [0, 0.1) is 11.3 Å². The first-order chi connectivity index (χ1) is 13.3. The van der Waals surface area contributed by atoms with Crippen LogP contribution in [0.3, 0.4) is 0 Å². The predicted molar refractivity (Wildman–Crippen MR) is 102 cm³/mol. The highest BCUT2D eigenvalue weighted by Gasteiger charge is 2.51. The van der Waals surface area contributed by atoms with Gasteiger partial charge < -0.3 is 14.4 Å². The summed E-state index contributed by atoms with van der Waals surface area (Å²) in [5.41, 5.74) is 3.69. The van der Waals surface area contributed by atoms with Gasteiger partial charge in [0, 0.05) is 49.2 Å². The van der Waals surface area contributed by atoms with E-state index < -0.39 is 12.2 Å². The summed E-state index contributed by atoms with van der Waals surface area (Å²) in [6.07, 6.45) is 8.07. The topological polar surface area (TPSA) is 73.7 Å². The number of rotatable bonds is 2. The number of carbonyl (C=O) groups is 2. The molecule has 0 unspecified atom stereocenters. The van der Waals surface area contributed by atoms with Crippen molar-refractivity contribution in [3.63, 3.8) is 0 Å². The van der Waals surface area contributed by atoms with Crippen LogP contribution in [-0.2, 0) is 14.3 Å². The largest absolute Gasteiger partial charge is 0.442 e. The maximum absolute atomic E-state index is 12.5. The average Bonchev–Trinajstić information content (AvgIpc) is 3.28. The fourth-order valence-electron chi connectivity index (χ4n) is 4.57. The van der Waals surface area contributed by atoms with E-state index in [0.717, 1.165) is 28.8 Å². The van der Waals surface area contributed by atoms with E-state index in [4.69, 9.17) is 9.47 Å². The molecule has 0 saturated carbocycles. The van der Waals surface area contributed by atoms with E-state index in [2.05, 4.69) is 24.9 Å². The summed E-state index contributed by atoms with van der Waals surface area (Å²) in [5.74, 6) is 0.0344. The number of fused-ring (bicyclic) bond motifs is 2. The van der Waals surface area contributed by atoms with Crippen LogP contribution < -0.4 is 0 Å². The lowest BCUT2D eigenvalue weighted by Crippen LogP contribution is -2.50. The third-order valence-electron chi connectivity index (χ3n) is 6.63. The molecule has 0 spiro atoms. The molecule has 1 amide bonds. The van der Waals surface area contributed by atoms with E-state index in [1.54, 1.807) is 18.2 Å². The molecule has 1 aromatic rings. The molecular formula is C21H25N3O4. The van der Waals surface area contributed by atoms with E-state index in [0.29, 0.717) is 0 Å². The van der Waals surface area contributed by atoms with Gasteiger partial charge in [-0.25, -0.2) is 14.3 Å². The minimum Gasteiger partial charge on any atom is -0.442 e. The van der Waals surface area contributed by atoms with Crippen LogP contribution in [0.5, 0.6) is 0 Å². The highest BCUT2D eigenvalue weighted by molar-refractivity contribution is 6.00. The van der Waals surface area contributed by atoms with Crippen molar-refractivity contribution >= 4 is 12.0 Å². The molecule has 7 nitrogen and oxygen atoms in total. The van der Waals surface area contributed by atoms with Crippen LogP contribution >= 0.6 is 0 Å². The Kier molecular flexibility index (Phi) is 4.30. The molecule has 0 bridgehead atoms. The van der Waals surface area contributed by atoms with Crippen molar-refractivity contribution in [1.29, 1.82) is 0 Å². The third-order valence-corrected chi connectivity index (χ3v) is 6.63. The van der Waals surface area contributed by atoms with Gasteiger partial charge in [0.25, 0.3) is 5.91 Å². The molecule has 0 aromatic carbocycles. The van der Waals surface area contributed by atoms with Crippen molar-refractivity contribution in [2.45, 2.75) is 39.4 Å². The molecule has 0 fully saturated rings. The first-order valence-corrected chi connectivity index (χ1v) is 9.42. The molecule has 4 rings (SSSR count). The van der Waals surface area contributed by atoms with Crippen LogP contribution in [0.4, 0.5) is 4.79 Å². The van der Waals surface area contributed by atoms with Gasteiger partial charge in [0.1, 0.15) is 18.5 Å².